The van der Waals surface area contributed by atoms with E-state index in [1.54, 1.807) is 18.2 Å². The summed E-state index contributed by atoms with van der Waals surface area (Å²) in [5, 5.41) is 2.38. The normalized spacial score (nSPS) is 13.8. The number of rotatable bonds is 1. The molecule has 0 radical (unpaired) electrons. The van der Waals surface area contributed by atoms with E-state index in [9.17, 15) is 4.79 Å². The van der Waals surface area contributed by atoms with Crippen LogP contribution in [0.5, 0.6) is 17.2 Å². The van der Waals surface area contributed by atoms with Crippen molar-refractivity contribution in [2.24, 2.45) is 0 Å². The minimum absolute atomic E-state index is 0.374. The molecular formula is C11H13NO4. The van der Waals surface area contributed by atoms with Crippen LogP contribution in [0.15, 0.2) is 18.2 Å². The zero-order valence-electron chi connectivity index (χ0n) is 8.99. The van der Waals surface area contributed by atoms with E-state index in [1.807, 2.05) is 0 Å². The Morgan fingerprint density at radius 2 is 2.19 bits per heavy atom. The minimum Gasteiger partial charge on any atom is -0.489 e. The fourth-order valence-corrected chi connectivity index (χ4v) is 1.40. The molecule has 0 unspecified atom stereocenters. The molecule has 0 spiro atoms. The van der Waals surface area contributed by atoms with Crippen molar-refractivity contribution in [1.29, 1.82) is 0 Å². The molecule has 2 rings (SSSR count). The third-order valence-corrected chi connectivity index (χ3v) is 2.14. The molecule has 1 aliphatic rings. The second-order valence-corrected chi connectivity index (χ2v) is 3.27. The molecule has 86 valence electrons. The fraction of sp³-hybridized carbons (Fsp3) is 0.364. The summed E-state index contributed by atoms with van der Waals surface area (Å²) in [6, 6.07) is 5.21. The third-order valence-electron chi connectivity index (χ3n) is 2.14. The lowest BCUT2D eigenvalue weighted by molar-refractivity contribution is 0.199. The molecule has 16 heavy (non-hydrogen) atoms. The molecule has 1 amide bonds. The predicted octanol–water partition coefficient (Wildman–Crippen LogP) is 1.57. The lowest BCUT2D eigenvalue weighted by Crippen LogP contribution is -2.22. The van der Waals surface area contributed by atoms with Crippen LogP contribution in [0, 0.1) is 0 Å². The van der Waals surface area contributed by atoms with Crippen molar-refractivity contribution in [2.75, 3.05) is 20.3 Å². The first-order chi connectivity index (χ1) is 7.81. The van der Waals surface area contributed by atoms with Gasteiger partial charge >= 0.3 is 6.09 Å². The zero-order valence-corrected chi connectivity index (χ0v) is 8.99. The molecule has 0 saturated carbocycles. The summed E-state index contributed by atoms with van der Waals surface area (Å²) in [5.74, 6) is 1.47. The summed E-state index contributed by atoms with van der Waals surface area (Å²) in [6.07, 6.45) is 0.287. The van der Waals surface area contributed by atoms with E-state index in [1.165, 1.54) is 7.05 Å². The Balaban J connectivity index is 2.27. The van der Waals surface area contributed by atoms with Gasteiger partial charge in [-0.05, 0) is 12.1 Å². The Morgan fingerprint density at radius 1 is 1.38 bits per heavy atom. The molecule has 1 N–H and O–H groups in total. The van der Waals surface area contributed by atoms with E-state index in [0.29, 0.717) is 30.5 Å². The Hall–Kier alpha value is -1.91. The molecule has 1 aromatic carbocycles. The van der Waals surface area contributed by atoms with Crippen molar-refractivity contribution in [3.05, 3.63) is 18.2 Å². The van der Waals surface area contributed by atoms with Gasteiger partial charge in [-0.15, -0.1) is 0 Å². The van der Waals surface area contributed by atoms with Gasteiger partial charge in [0.1, 0.15) is 0 Å². The van der Waals surface area contributed by atoms with Crippen LogP contribution in [0.3, 0.4) is 0 Å². The van der Waals surface area contributed by atoms with Gasteiger partial charge in [0.25, 0.3) is 0 Å². The quantitative estimate of drug-likeness (QED) is 0.785. The Labute approximate surface area is 93.3 Å². The predicted molar refractivity (Wildman–Crippen MR) is 57.1 cm³/mol. The highest BCUT2D eigenvalue weighted by Gasteiger charge is 2.17. The average molecular weight is 223 g/mol. The molecule has 0 fully saturated rings. The van der Waals surface area contributed by atoms with Crippen molar-refractivity contribution in [3.63, 3.8) is 0 Å². The second kappa shape index (κ2) is 4.74. The summed E-state index contributed by atoms with van der Waals surface area (Å²) in [6.45, 7) is 1.16. The number of hydrogen-bond donors (Lipinski definition) is 1. The van der Waals surface area contributed by atoms with E-state index in [-0.39, 0.29) is 0 Å². The number of amides is 1. The van der Waals surface area contributed by atoms with E-state index in [2.05, 4.69) is 5.32 Å². The number of hydrogen-bond acceptors (Lipinski definition) is 4. The van der Waals surface area contributed by atoms with Gasteiger partial charge in [-0.3, -0.25) is 0 Å². The summed E-state index contributed by atoms with van der Waals surface area (Å²) in [7, 11) is 1.50. The largest absolute Gasteiger partial charge is 0.489 e. The van der Waals surface area contributed by atoms with E-state index < -0.39 is 6.09 Å². The first-order valence-electron chi connectivity index (χ1n) is 5.09. The number of carbonyl (C=O) groups excluding carboxylic acids is 1. The smallest absolute Gasteiger partial charge is 0.412 e. The van der Waals surface area contributed by atoms with Gasteiger partial charge in [-0.25, -0.2) is 4.79 Å². The average Bonchev–Trinajstić information content (AvgIpc) is 2.54. The summed E-state index contributed by atoms with van der Waals surface area (Å²) in [5.41, 5.74) is 0. The van der Waals surface area contributed by atoms with Gasteiger partial charge in [0.15, 0.2) is 11.5 Å². The number of nitrogens with one attached hydrogen (secondary N) is 1. The minimum atomic E-state index is -0.527. The van der Waals surface area contributed by atoms with Crippen LogP contribution in [0.4, 0.5) is 4.79 Å². The van der Waals surface area contributed by atoms with Gasteiger partial charge in [-0.1, -0.05) is 6.07 Å². The number of carbonyl (C=O) groups is 1. The molecule has 1 aliphatic heterocycles. The van der Waals surface area contributed by atoms with Gasteiger partial charge < -0.3 is 19.5 Å². The van der Waals surface area contributed by atoms with Crippen LogP contribution >= 0.6 is 0 Å². The van der Waals surface area contributed by atoms with E-state index in [4.69, 9.17) is 14.2 Å². The number of ether oxygens (including phenoxy) is 3. The Morgan fingerprint density at radius 3 is 3.00 bits per heavy atom. The molecule has 0 bridgehead atoms. The van der Waals surface area contributed by atoms with Crippen LogP contribution in [0.25, 0.3) is 0 Å². The Bertz CT molecular complexity index is 392. The number of benzene rings is 1. The number of fused-ring (bicyclic) bond motifs is 1. The maximum atomic E-state index is 11.1. The highest BCUT2D eigenvalue weighted by molar-refractivity contribution is 5.71. The van der Waals surface area contributed by atoms with Gasteiger partial charge in [0.2, 0.25) is 5.75 Å². The lowest BCUT2D eigenvalue weighted by atomic mass is 10.3. The molecule has 0 atom stereocenters. The summed E-state index contributed by atoms with van der Waals surface area (Å²) >= 11 is 0. The maximum absolute atomic E-state index is 11.1. The summed E-state index contributed by atoms with van der Waals surface area (Å²) < 4.78 is 16.0. The maximum Gasteiger partial charge on any atom is 0.412 e. The SMILES string of the molecule is CNC(=O)Oc1cccc2c1OCCCO2. The van der Waals surface area contributed by atoms with Crippen molar-refractivity contribution >= 4 is 6.09 Å². The topological polar surface area (TPSA) is 56.8 Å². The van der Waals surface area contributed by atoms with Gasteiger partial charge in [0.05, 0.1) is 13.2 Å². The van der Waals surface area contributed by atoms with Crippen molar-refractivity contribution < 1.29 is 19.0 Å². The second-order valence-electron chi connectivity index (χ2n) is 3.27. The fourth-order valence-electron chi connectivity index (χ4n) is 1.40. The molecule has 5 heteroatoms. The van der Waals surface area contributed by atoms with Crippen LogP contribution in [0.2, 0.25) is 0 Å². The highest BCUT2D eigenvalue weighted by Crippen LogP contribution is 2.38. The highest BCUT2D eigenvalue weighted by atomic mass is 16.6. The first-order valence-corrected chi connectivity index (χ1v) is 5.09. The molecule has 0 aromatic heterocycles. The zero-order chi connectivity index (χ0) is 11.4. The molecule has 0 saturated heterocycles. The molecule has 1 heterocycles. The van der Waals surface area contributed by atoms with E-state index >= 15 is 0 Å². The number of para-hydroxylation sites is 1. The summed E-state index contributed by atoms with van der Waals surface area (Å²) in [4.78, 5) is 11.1. The molecular weight excluding hydrogens is 210 g/mol. The van der Waals surface area contributed by atoms with Crippen molar-refractivity contribution in [3.8, 4) is 17.2 Å². The van der Waals surface area contributed by atoms with Crippen LogP contribution in [0.1, 0.15) is 6.42 Å². The van der Waals surface area contributed by atoms with Gasteiger partial charge in [0, 0.05) is 13.5 Å². The van der Waals surface area contributed by atoms with E-state index in [0.717, 1.165) is 6.42 Å². The first kappa shape index (κ1) is 10.6. The molecule has 0 aliphatic carbocycles. The van der Waals surface area contributed by atoms with Crippen molar-refractivity contribution in [1.82, 2.24) is 5.32 Å². The van der Waals surface area contributed by atoms with Crippen LogP contribution in [-0.2, 0) is 0 Å². The Kier molecular flexibility index (Phi) is 3.14. The third kappa shape index (κ3) is 2.18. The standard InChI is InChI=1S/C11H13NO4/c1-12-11(13)16-9-5-2-4-8-10(9)15-7-3-6-14-8/h2,4-5H,3,6-7H2,1H3,(H,12,13). The van der Waals surface area contributed by atoms with Gasteiger partial charge in [-0.2, -0.15) is 0 Å². The lowest BCUT2D eigenvalue weighted by Gasteiger charge is -2.11. The monoisotopic (exact) mass is 223 g/mol. The van der Waals surface area contributed by atoms with Crippen LogP contribution < -0.4 is 19.5 Å². The van der Waals surface area contributed by atoms with Crippen molar-refractivity contribution in [2.45, 2.75) is 6.42 Å². The molecule has 5 nitrogen and oxygen atoms in total. The van der Waals surface area contributed by atoms with Crippen LogP contribution in [-0.4, -0.2) is 26.4 Å². The molecule has 1 aromatic rings.